The zero-order valence-corrected chi connectivity index (χ0v) is 13.0. The lowest BCUT2D eigenvalue weighted by atomic mass is 9.88. The van der Waals surface area contributed by atoms with Gasteiger partial charge in [0.2, 0.25) is 0 Å². The van der Waals surface area contributed by atoms with Crippen molar-refractivity contribution in [2.75, 3.05) is 6.54 Å². The Bertz CT molecular complexity index is 661. The van der Waals surface area contributed by atoms with Gasteiger partial charge in [-0.15, -0.1) is 0 Å². The minimum atomic E-state index is -0.961. The summed E-state index contributed by atoms with van der Waals surface area (Å²) in [4.78, 5) is 12.6. The molecule has 3 aliphatic rings. The maximum atomic E-state index is 12.6. The Balaban J connectivity index is 1.69. The molecule has 1 atom stereocenters. The van der Waals surface area contributed by atoms with Crippen molar-refractivity contribution in [1.82, 2.24) is 5.32 Å². The highest BCUT2D eigenvalue weighted by Crippen LogP contribution is 2.41. The number of carbonyl (C=O) groups is 1. The number of benzene rings is 1. The molecule has 1 aromatic rings. The van der Waals surface area contributed by atoms with Gasteiger partial charge in [-0.2, -0.15) is 0 Å². The molecule has 1 aliphatic carbocycles. The summed E-state index contributed by atoms with van der Waals surface area (Å²) in [6, 6.07) is 7.58. The molecule has 5 nitrogen and oxygen atoms in total. The quantitative estimate of drug-likeness (QED) is 0.780. The van der Waals surface area contributed by atoms with Gasteiger partial charge in [-0.05, 0) is 30.4 Å². The highest BCUT2D eigenvalue weighted by molar-refractivity contribution is 5.91. The van der Waals surface area contributed by atoms with Crippen molar-refractivity contribution < 1.29 is 19.4 Å². The maximum Gasteiger partial charge on any atom is 0.346 e. The van der Waals surface area contributed by atoms with Crippen molar-refractivity contribution in [1.29, 1.82) is 0 Å². The number of ether oxygens (including phenoxy) is 2. The predicted octanol–water partition coefficient (Wildman–Crippen LogP) is 2.88. The van der Waals surface area contributed by atoms with Gasteiger partial charge in [-0.3, -0.25) is 0 Å². The van der Waals surface area contributed by atoms with Crippen LogP contribution in [-0.2, 0) is 20.7 Å². The molecule has 1 fully saturated rings. The SMILES string of the molecule is O=C1OC2(CCCCC2)OC(O)=C1[C@@H]1NCCc2ccccc21. The third kappa shape index (κ3) is 2.49. The molecule has 0 radical (unpaired) electrons. The van der Waals surface area contributed by atoms with E-state index in [9.17, 15) is 9.90 Å². The van der Waals surface area contributed by atoms with Crippen LogP contribution < -0.4 is 5.32 Å². The molecule has 0 bridgehead atoms. The Labute approximate surface area is 135 Å². The summed E-state index contributed by atoms with van der Waals surface area (Å²) < 4.78 is 11.4. The Morgan fingerprint density at radius 1 is 1.13 bits per heavy atom. The fourth-order valence-electron chi connectivity index (χ4n) is 3.86. The zero-order chi connectivity index (χ0) is 15.9. The number of hydrogen-bond acceptors (Lipinski definition) is 5. The van der Waals surface area contributed by atoms with Crippen LogP contribution in [0.25, 0.3) is 0 Å². The number of hydrogen-bond donors (Lipinski definition) is 2. The molecule has 5 heteroatoms. The lowest BCUT2D eigenvalue weighted by molar-refractivity contribution is -0.250. The van der Waals surface area contributed by atoms with Crippen molar-refractivity contribution in [2.24, 2.45) is 0 Å². The second-order valence-corrected chi connectivity index (χ2v) is 6.52. The van der Waals surface area contributed by atoms with E-state index in [1.54, 1.807) is 0 Å². The first kappa shape index (κ1) is 14.6. The Morgan fingerprint density at radius 2 is 1.91 bits per heavy atom. The van der Waals surface area contributed by atoms with E-state index >= 15 is 0 Å². The van der Waals surface area contributed by atoms with Gasteiger partial charge < -0.3 is 19.9 Å². The number of fused-ring (bicyclic) bond motifs is 1. The van der Waals surface area contributed by atoms with Crippen LogP contribution in [0.1, 0.15) is 49.3 Å². The third-order valence-electron chi connectivity index (χ3n) is 5.02. The van der Waals surface area contributed by atoms with Gasteiger partial charge in [-0.1, -0.05) is 30.7 Å². The van der Waals surface area contributed by atoms with Crippen LogP contribution in [0.2, 0.25) is 0 Å². The van der Waals surface area contributed by atoms with Crippen LogP contribution in [0.4, 0.5) is 0 Å². The summed E-state index contributed by atoms with van der Waals surface area (Å²) in [5.74, 6) is -1.71. The molecule has 1 aromatic carbocycles. The van der Waals surface area contributed by atoms with E-state index in [2.05, 4.69) is 11.4 Å². The van der Waals surface area contributed by atoms with E-state index in [-0.39, 0.29) is 17.6 Å². The summed E-state index contributed by atoms with van der Waals surface area (Å²) in [5, 5.41) is 13.7. The van der Waals surface area contributed by atoms with Crippen molar-refractivity contribution >= 4 is 5.97 Å². The van der Waals surface area contributed by atoms with Crippen LogP contribution in [0.3, 0.4) is 0 Å². The van der Waals surface area contributed by atoms with Gasteiger partial charge in [0, 0.05) is 19.4 Å². The Kier molecular flexibility index (Phi) is 3.53. The van der Waals surface area contributed by atoms with Gasteiger partial charge in [0.15, 0.2) is 0 Å². The molecular weight excluding hydrogens is 294 g/mol. The first-order chi connectivity index (χ1) is 11.2. The minimum absolute atomic E-state index is 0.188. The molecule has 4 rings (SSSR count). The zero-order valence-electron chi connectivity index (χ0n) is 13.0. The second kappa shape index (κ2) is 5.57. The topological polar surface area (TPSA) is 67.8 Å². The third-order valence-corrected chi connectivity index (χ3v) is 5.02. The number of carbonyl (C=O) groups excluding carboxylic acids is 1. The molecule has 0 amide bonds. The van der Waals surface area contributed by atoms with E-state index in [0.717, 1.165) is 37.8 Å². The minimum Gasteiger partial charge on any atom is -0.480 e. The lowest BCUT2D eigenvalue weighted by Gasteiger charge is -2.40. The maximum absolute atomic E-state index is 12.6. The number of aliphatic hydroxyl groups is 1. The van der Waals surface area contributed by atoms with Crippen molar-refractivity contribution in [3.05, 3.63) is 46.9 Å². The number of aliphatic hydroxyl groups excluding tert-OH is 1. The monoisotopic (exact) mass is 315 g/mol. The molecule has 2 heterocycles. The summed E-state index contributed by atoms with van der Waals surface area (Å²) in [6.07, 6.45) is 5.19. The predicted molar refractivity (Wildman–Crippen MR) is 83.5 cm³/mol. The van der Waals surface area contributed by atoms with E-state index in [0.29, 0.717) is 12.8 Å². The molecule has 0 unspecified atom stereocenters. The molecule has 23 heavy (non-hydrogen) atoms. The molecule has 1 saturated carbocycles. The number of esters is 1. The van der Waals surface area contributed by atoms with E-state index < -0.39 is 11.8 Å². The van der Waals surface area contributed by atoms with Gasteiger partial charge in [0.05, 0.1) is 6.04 Å². The van der Waals surface area contributed by atoms with Crippen molar-refractivity contribution in [2.45, 2.75) is 50.4 Å². The van der Waals surface area contributed by atoms with Crippen LogP contribution in [0.15, 0.2) is 35.8 Å². The van der Waals surface area contributed by atoms with Crippen LogP contribution >= 0.6 is 0 Å². The first-order valence-corrected chi connectivity index (χ1v) is 8.35. The average Bonchev–Trinajstić information content (AvgIpc) is 2.55. The van der Waals surface area contributed by atoms with E-state index in [1.807, 2.05) is 18.2 Å². The fraction of sp³-hybridized carbons (Fsp3) is 0.500. The fourth-order valence-corrected chi connectivity index (χ4v) is 3.86. The van der Waals surface area contributed by atoms with Crippen molar-refractivity contribution in [3.63, 3.8) is 0 Å². The summed E-state index contributed by atoms with van der Waals surface area (Å²) in [5.41, 5.74) is 2.37. The Hall–Kier alpha value is -2.01. The van der Waals surface area contributed by atoms with Crippen LogP contribution in [0, 0.1) is 0 Å². The van der Waals surface area contributed by atoms with Gasteiger partial charge in [0.1, 0.15) is 5.57 Å². The van der Waals surface area contributed by atoms with Gasteiger partial charge >= 0.3 is 5.97 Å². The Morgan fingerprint density at radius 3 is 2.70 bits per heavy atom. The number of nitrogens with one attached hydrogen (secondary N) is 1. The molecule has 122 valence electrons. The molecule has 0 saturated heterocycles. The smallest absolute Gasteiger partial charge is 0.346 e. The molecule has 1 spiro atoms. The first-order valence-electron chi connectivity index (χ1n) is 8.35. The highest BCUT2D eigenvalue weighted by Gasteiger charge is 2.47. The largest absolute Gasteiger partial charge is 0.480 e. The van der Waals surface area contributed by atoms with Crippen LogP contribution in [0.5, 0.6) is 0 Å². The molecular formula is C18H21NO4. The molecule has 2 N–H and O–H groups in total. The van der Waals surface area contributed by atoms with Gasteiger partial charge in [0.25, 0.3) is 11.7 Å². The summed E-state index contributed by atoms with van der Waals surface area (Å²) in [6.45, 7) is 0.747. The number of rotatable bonds is 1. The van der Waals surface area contributed by atoms with E-state index in [4.69, 9.17) is 9.47 Å². The summed E-state index contributed by atoms with van der Waals surface area (Å²) in [7, 11) is 0. The lowest BCUT2D eigenvalue weighted by Crippen LogP contribution is -2.46. The highest BCUT2D eigenvalue weighted by atomic mass is 16.8. The average molecular weight is 315 g/mol. The van der Waals surface area contributed by atoms with Crippen LogP contribution in [-0.4, -0.2) is 23.4 Å². The molecule has 2 aliphatic heterocycles. The van der Waals surface area contributed by atoms with Gasteiger partial charge in [-0.25, -0.2) is 4.79 Å². The summed E-state index contributed by atoms with van der Waals surface area (Å²) >= 11 is 0. The van der Waals surface area contributed by atoms with Crippen molar-refractivity contribution in [3.8, 4) is 0 Å². The standard InChI is InChI=1S/C18H21NO4/c20-16-14(15-13-7-3-2-6-12(13)8-11-19-15)17(21)23-18(22-16)9-4-1-5-10-18/h2-3,6-7,15,19-20H,1,4-5,8-11H2/t15-/m1/s1. The second-order valence-electron chi connectivity index (χ2n) is 6.52. The van der Waals surface area contributed by atoms with E-state index in [1.165, 1.54) is 5.56 Å². The normalized spacial score (nSPS) is 26.4. The molecule has 0 aromatic heterocycles.